The summed E-state index contributed by atoms with van der Waals surface area (Å²) in [6.45, 7) is 3.95. The summed E-state index contributed by atoms with van der Waals surface area (Å²) in [5, 5.41) is 1.09. The number of aldehydes is 1. The third-order valence-electron chi connectivity index (χ3n) is 2.70. The van der Waals surface area contributed by atoms with Gasteiger partial charge in [0.05, 0.1) is 5.52 Å². The highest BCUT2D eigenvalue weighted by Crippen LogP contribution is 2.22. The highest BCUT2D eigenvalue weighted by molar-refractivity contribution is 5.91. The standard InChI is InChI=1S/C13H13NO/c1-3-10-11-6-4-5-7-13(11)14-9(2)12(10)8-15/h4-8H,3H2,1-2H3. The first-order chi connectivity index (χ1) is 7.27. The van der Waals surface area contributed by atoms with Crippen LogP contribution in [0, 0.1) is 6.92 Å². The van der Waals surface area contributed by atoms with E-state index in [0.29, 0.717) is 0 Å². The highest BCUT2D eigenvalue weighted by atomic mass is 16.1. The quantitative estimate of drug-likeness (QED) is 0.696. The number of rotatable bonds is 2. The van der Waals surface area contributed by atoms with Gasteiger partial charge >= 0.3 is 0 Å². The maximum Gasteiger partial charge on any atom is 0.152 e. The molecule has 0 N–H and O–H groups in total. The number of hydrogen-bond acceptors (Lipinski definition) is 2. The van der Waals surface area contributed by atoms with Gasteiger partial charge < -0.3 is 0 Å². The van der Waals surface area contributed by atoms with Crippen LogP contribution in [0.1, 0.15) is 28.5 Å². The molecule has 0 atom stereocenters. The van der Waals surface area contributed by atoms with E-state index in [2.05, 4.69) is 11.9 Å². The zero-order valence-electron chi connectivity index (χ0n) is 8.95. The first-order valence-corrected chi connectivity index (χ1v) is 5.11. The average molecular weight is 199 g/mol. The summed E-state index contributed by atoms with van der Waals surface area (Å²) in [5.74, 6) is 0. The number of aromatic nitrogens is 1. The first kappa shape index (κ1) is 9.84. The Hall–Kier alpha value is -1.70. The lowest BCUT2D eigenvalue weighted by atomic mass is 9.99. The Morgan fingerprint density at radius 1 is 1.33 bits per heavy atom. The fourth-order valence-corrected chi connectivity index (χ4v) is 1.97. The monoisotopic (exact) mass is 199 g/mol. The molecule has 0 aliphatic carbocycles. The summed E-state index contributed by atoms with van der Waals surface area (Å²) >= 11 is 0. The Bertz CT molecular complexity index is 517. The maximum atomic E-state index is 11.0. The van der Waals surface area contributed by atoms with Crippen molar-refractivity contribution in [3.63, 3.8) is 0 Å². The molecule has 0 spiro atoms. The fraction of sp³-hybridized carbons (Fsp3) is 0.231. The molecule has 2 heteroatoms. The van der Waals surface area contributed by atoms with Gasteiger partial charge in [-0.1, -0.05) is 25.1 Å². The Labute approximate surface area is 89.0 Å². The van der Waals surface area contributed by atoms with Crippen molar-refractivity contribution in [2.75, 3.05) is 0 Å². The maximum absolute atomic E-state index is 11.0. The topological polar surface area (TPSA) is 30.0 Å². The van der Waals surface area contributed by atoms with Gasteiger partial charge in [0.25, 0.3) is 0 Å². The van der Waals surface area contributed by atoms with Crippen molar-refractivity contribution in [2.24, 2.45) is 0 Å². The zero-order chi connectivity index (χ0) is 10.8. The summed E-state index contributed by atoms with van der Waals surface area (Å²) in [5.41, 5.74) is 3.64. The van der Waals surface area contributed by atoms with E-state index in [4.69, 9.17) is 0 Å². The summed E-state index contributed by atoms with van der Waals surface area (Å²) < 4.78 is 0. The predicted octanol–water partition coefficient (Wildman–Crippen LogP) is 2.92. The van der Waals surface area contributed by atoms with Crippen molar-refractivity contribution in [2.45, 2.75) is 20.3 Å². The van der Waals surface area contributed by atoms with Crippen molar-refractivity contribution in [3.8, 4) is 0 Å². The number of fused-ring (bicyclic) bond motifs is 1. The van der Waals surface area contributed by atoms with E-state index in [-0.39, 0.29) is 0 Å². The normalized spacial score (nSPS) is 10.5. The minimum absolute atomic E-state index is 0.746. The molecule has 2 rings (SSSR count). The smallest absolute Gasteiger partial charge is 0.152 e. The largest absolute Gasteiger partial charge is 0.298 e. The molecule has 1 aromatic carbocycles. The van der Waals surface area contributed by atoms with Crippen LogP contribution in [0.5, 0.6) is 0 Å². The van der Waals surface area contributed by atoms with Crippen LogP contribution in [0.25, 0.3) is 10.9 Å². The number of carbonyl (C=O) groups is 1. The molecule has 76 valence electrons. The fourth-order valence-electron chi connectivity index (χ4n) is 1.97. The van der Waals surface area contributed by atoms with Crippen LogP contribution in [0.15, 0.2) is 24.3 Å². The van der Waals surface area contributed by atoms with Gasteiger partial charge in [-0.05, 0) is 25.0 Å². The summed E-state index contributed by atoms with van der Waals surface area (Å²) in [6, 6.07) is 7.95. The van der Waals surface area contributed by atoms with E-state index in [1.165, 1.54) is 0 Å². The highest BCUT2D eigenvalue weighted by Gasteiger charge is 2.09. The molecule has 1 heterocycles. The van der Waals surface area contributed by atoms with Crippen molar-refractivity contribution in [3.05, 3.63) is 41.1 Å². The minimum Gasteiger partial charge on any atom is -0.298 e. The number of hydrogen-bond donors (Lipinski definition) is 0. The van der Waals surface area contributed by atoms with E-state index < -0.39 is 0 Å². The first-order valence-electron chi connectivity index (χ1n) is 5.11. The molecule has 2 nitrogen and oxygen atoms in total. The minimum atomic E-state index is 0.746. The molecule has 0 aliphatic heterocycles. The summed E-state index contributed by atoms with van der Waals surface area (Å²) in [6.07, 6.45) is 1.77. The van der Waals surface area contributed by atoms with Crippen LogP contribution in [0.3, 0.4) is 0 Å². The molecule has 0 unspecified atom stereocenters. The molecule has 15 heavy (non-hydrogen) atoms. The second-order valence-electron chi connectivity index (χ2n) is 3.58. The van der Waals surface area contributed by atoms with Crippen LogP contribution >= 0.6 is 0 Å². The van der Waals surface area contributed by atoms with Crippen molar-refractivity contribution < 1.29 is 4.79 Å². The van der Waals surface area contributed by atoms with Crippen LogP contribution in [-0.2, 0) is 6.42 Å². The number of carbonyl (C=O) groups excluding carboxylic acids is 1. The Kier molecular flexibility index (Phi) is 2.50. The van der Waals surface area contributed by atoms with Crippen molar-refractivity contribution in [1.82, 2.24) is 4.98 Å². The van der Waals surface area contributed by atoms with Crippen LogP contribution in [0.2, 0.25) is 0 Å². The number of nitrogens with zero attached hydrogens (tertiary/aromatic N) is 1. The lowest BCUT2D eigenvalue weighted by Crippen LogP contribution is -1.99. The van der Waals surface area contributed by atoms with Gasteiger partial charge in [0.15, 0.2) is 6.29 Å². The van der Waals surface area contributed by atoms with Gasteiger partial charge in [-0.3, -0.25) is 9.78 Å². The molecular weight excluding hydrogens is 186 g/mol. The molecule has 1 aromatic heterocycles. The third kappa shape index (κ3) is 1.52. The average Bonchev–Trinajstić information content (AvgIpc) is 2.27. The third-order valence-corrected chi connectivity index (χ3v) is 2.70. The molecular formula is C13H13NO. The van der Waals surface area contributed by atoms with E-state index >= 15 is 0 Å². The van der Waals surface area contributed by atoms with Crippen LogP contribution in [-0.4, -0.2) is 11.3 Å². The second-order valence-corrected chi connectivity index (χ2v) is 3.58. The molecule has 0 radical (unpaired) electrons. The van der Waals surface area contributed by atoms with Crippen molar-refractivity contribution in [1.29, 1.82) is 0 Å². The predicted molar refractivity (Wildman–Crippen MR) is 61.2 cm³/mol. The Morgan fingerprint density at radius 2 is 2.07 bits per heavy atom. The van der Waals surface area contributed by atoms with E-state index in [1.54, 1.807) is 0 Å². The van der Waals surface area contributed by atoms with Gasteiger partial charge in [0.2, 0.25) is 0 Å². The lowest BCUT2D eigenvalue weighted by molar-refractivity contribution is 0.112. The van der Waals surface area contributed by atoms with Gasteiger partial charge in [-0.15, -0.1) is 0 Å². The lowest BCUT2D eigenvalue weighted by Gasteiger charge is -2.09. The molecule has 2 aromatic rings. The SMILES string of the molecule is CCc1c(C=O)c(C)nc2ccccc12. The molecule has 0 bridgehead atoms. The number of aryl methyl sites for hydroxylation is 2. The Morgan fingerprint density at radius 3 is 2.73 bits per heavy atom. The molecule has 0 aliphatic rings. The van der Waals surface area contributed by atoms with E-state index in [1.807, 2.05) is 31.2 Å². The van der Waals surface area contributed by atoms with Gasteiger partial charge in [0.1, 0.15) is 0 Å². The molecule has 0 saturated carbocycles. The number of benzene rings is 1. The van der Waals surface area contributed by atoms with E-state index in [0.717, 1.165) is 40.4 Å². The van der Waals surface area contributed by atoms with E-state index in [9.17, 15) is 4.79 Å². The molecule has 0 saturated heterocycles. The zero-order valence-corrected chi connectivity index (χ0v) is 8.95. The molecule has 0 fully saturated rings. The number of pyridine rings is 1. The van der Waals surface area contributed by atoms with Gasteiger partial charge in [-0.25, -0.2) is 0 Å². The van der Waals surface area contributed by atoms with Crippen LogP contribution in [0.4, 0.5) is 0 Å². The Balaban J connectivity index is 2.90. The molecule has 0 amide bonds. The summed E-state index contributed by atoms with van der Waals surface area (Å²) in [7, 11) is 0. The van der Waals surface area contributed by atoms with Gasteiger partial charge in [0, 0.05) is 16.6 Å². The van der Waals surface area contributed by atoms with Crippen molar-refractivity contribution >= 4 is 17.2 Å². The second kappa shape index (κ2) is 3.81. The number of para-hydroxylation sites is 1. The van der Waals surface area contributed by atoms with Gasteiger partial charge in [-0.2, -0.15) is 0 Å². The summed E-state index contributed by atoms with van der Waals surface area (Å²) in [4.78, 5) is 15.4. The van der Waals surface area contributed by atoms with Crippen LogP contribution < -0.4 is 0 Å².